The molecule has 0 aliphatic heterocycles. The standard InChI is InChI=1S/C32H36F6O2/c1-2-3-21-4-9-23(10-5-21)25-13-12-24(29(33)20-25)11-6-22-7-14-26(15-8-22)32(37,38)40-28-18-16-27(17-19-28)39-31(36)30(34)35/h6,11-13,16-23,26H,2-5,7-10,14-15H2,1H3/b11-6+. The summed E-state index contributed by atoms with van der Waals surface area (Å²) in [6.45, 7) is 2.22. The highest BCUT2D eigenvalue weighted by molar-refractivity contribution is 5.51. The molecule has 4 rings (SSSR count). The smallest absolute Gasteiger partial charge is 0.400 e. The maximum absolute atomic E-state index is 14.9. The van der Waals surface area contributed by atoms with Gasteiger partial charge in [-0.15, -0.1) is 0 Å². The van der Waals surface area contributed by atoms with Crippen molar-refractivity contribution in [3.8, 4) is 11.5 Å². The molecule has 0 heterocycles. The Kier molecular flexibility index (Phi) is 10.3. The fraction of sp³-hybridized carbons (Fsp3) is 0.500. The summed E-state index contributed by atoms with van der Waals surface area (Å²) in [5, 5.41) is 0. The molecule has 8 heteroatoms. The molecule has 0 amide bonds. The normalized spacial score (nSPS) is 23.7. The van der Waals surface area contributed by atoms with E-state index in [2.05, 4.69) is 11.7 Å². The van der Waals surface area contributed by atoms with Crippen LogP contribution in [-0.4, -0.2) is 6.11 Å². The first-order valence-corrected chi connectivity index (χ1v) is 14.2. The van der Waals surface area contributed by atoms with Crippen molar-refractivity contribution in [2.75, 3.05) is 0 Å². The van der Waals surface area contributed by atoms with E-state index in [0.717, 1.165) is 48.6 Å². The number of halogens is 6. The zero-order valence-electron chi connectivity index (χ0n) is 22.7. The minimum absolute atomic E-state index is 0.0650. The molecule has 218 valence electrons. The van der Waals surface area contributed by atoms with E-state index in [1.807, 2.05) is 18.2 Å². The average molecular weight is 567 g/mol. The van der Waals surface area contributed by atoms with Gasteiger partial charge in [0.2, 0.25) is 0 Å². The molecule has 40 heavy (non-hydrogen) atoms. The van der Waals surface area contributed by atoms with Gasteiger partial charge >= 0.3 is 18.2 Å². The van der Waals surface area contributed by atoms with Crippen LogP contribution in [0, 0.1) is 23.6 Å². The second-order valence-corrected chi connectivity index (χ2v) is 11.0. The van der Waals surface area contributed by atoms with Crippen LogP contribution in [0.4, 0.5) is 26.3 Å². The number of allylic oxidation sites excluding steroid dienone is 1. The highest BCUT2D eigenvalue weighted by Gasteiger charge is 2.43. The first-order valence-electron chi connectivity index (χ1n) is 14.2. The summed E-state index contributed by atoms with van der Waals surface area (Å²) in [6, 6.07) is 7.80. The van der Waals surface area contributed by atoms with Gasteiger partial charge in [-0.3, -0.25) is 0 Å². The monoisotopic (exact) mass is 566 g/mol. The third kappa shape index (κ3) is 8.07. The molecule has 0 spiro atoms. The summed E-state index contributed by atoms with van der Waals surface area (Å²) in [7, 11) is 0. The van der Waals surface area contributed by atoms with Gasteiger partial charge in [-0.1, -0.05) is 44.1 Å². The van der Waals surface area contributed by atoms with Gasteiger partial charge in [0.15, 0.2) is 0 Å². The Hall–Kier alpha value is -2.90. The van der Waals surface area contributed by atoms with E-state index < -0.39 is 24.1 Å². The molecule has 0 N–H and O–H groups in total. The summed E-state index contributed by atoms with van der Waals surface area (Å²) in [6.07, 6.45) is 6.24. The molecule has 0 unspecified atom stereocenters. The van der Waals surface area contributed by atoms with Crippen molar-refractivity contribution in [3.63, 3.8) is 0 Å². The molecule has 0 saturated heterocycles. The van der Waals surface area contributed by atoms with Crippen molar-refractivity contribution in [2.45, 2.75) is 83.2 Å². The van der Waals surface area contributed by atoms with E-state index in [4.69, 9.17) is 4.74 Å². The molecule has 2 saturated carbocycles. The third-order valence-electron chi connectivity index (χ3n) is 8.27. The van der Waals surface area contributed by atoms with Crippen LogP contribution in [0.1, 0.15) is 88.2 Å². The maximum Gasteiger partial charge on any atom is 0.400 e. The van der Waals surface area contributed by atoms with Crippen molar-refractivity contribution in [1.29, 1.82) is 0 Å². The van der Waals surface area contributed by atoms with Crippen LogP contribution in [-0.2, 0) is 0 Å². The highest BCUT2D eigenvalue weighted by atomic mass is 19.3. The van der Waals surface area contributed by atoms with Crippen LogP contribution in [0.5, 0.6) is 11.5 Å². The predicted octanol–water partition coefficient (Wildman–Crippen LogP) is 10.8. The van der Waals surface area contributed by atoms with E-state index in [9.17, 15) is 26.3 Å². The van der Waals surface area contributed by atoms with E-state index in [1.165, 1.54) is 25.7 Å². The van der Waals surface area contributed by atoms with Crippen molar-refractivity contribution in [1.82, 2.24) is 0 Å². The van der Waals surface area contributed by atoms with Crippen molar-refractivity contribution in [3.05, 3.63) is 77.6 Å². The number of alkyl halides is 2. The van der Waals surface area contributed by atoms with Crippen molar-refractivity contribution < 1.29 is 35.8 Å². The first kappa shape index (κ1) is 30.1. The second kappa shape index (κ2) is 13.6. The maximum atomic E-state index is 14.9. The average Bonchev–Trinajstić information content (AvgIpc) is 2.94. The fourth-order valence-corrected chi connectivity index (χ4v) is 5.97. The van der Waals surface area contributed by atoms with Crippen LogP contribution < -0.4 is 9.47 Å². The van der Waals surface area contributed by atoms with Gasteiger partial charge in [0.1, 0.15) is 17.3 Å². The molecule has 2 aromatic carbocycles. The van der Waals surface area contributed by atoms with E-state index in [0.29, 0.717) is 24.3 Å². The Labute approximate surface area is 232 Å². The Morgan fingerprint density at radius 1 is 0.875 bits per heavy atom. The van der Waals surface area contributed by atoms with Crippen LogP contribution in [0.3, 0.4) is 0 Å². The SMILES string of the molecule is CCCC1CCC(c2ccc(/C=C/C3CCC(C(F)(F)Oc4ccc(OC(F)=C(F)F)cc4)CC3)c(F)c2)CC1. The summed E-state index contributed by atoms with van der Waals surface area (Å²) in [5.41, 5.74) is 1.57. The number of rotatable bonds is 10. The van der Waals surface area contributed by atoms with Gasteiger partial charge < -0.3 is 9.47 Å². The number of hydrogen-bond acceptors (Lipinski definition) is 2. The Morgan fingerprint density at radius 3 is 2.12 bits per heavy atom. The van der Waals surface area contributed by atoms with Gasteiger partial charge in [0.25, 0.3) is 0 Å². The van der Waals surface area contributed by atoms with Gasteiger partial charge in [-0.25, -0.2) is 4.39 Å². The quantitative estimate of drug-likeness (QED) is 0.210. The highest BCUT2D eigenvalue weighted by Crippen LogP contribution is 2.41. The fourth-order valence-electron chi connectivity index (χ4n) is 5.97. The molecule has 2 fully saturated rings. The second-order valence-electron chi connectivity index (χ2n) is 11.0. The number of benzene rings is 2. The van der Waals surface area contributed by atoms with E-state index in [-0.39, 0.29) is 36.1 Å². The minimum atomic E-state index is -3.44. The van der Waals surface area contributed by atoms with Crippen LogP contribution in [0.15, 0.2) is 60.6 Å². The lowest BCUT2D eigenvalue weighted by molar-refractivity contribution is -0.222. The number of hydrogen-bond donors (Lipinski definition) is 0. The Bertz CT molecular complexity index is 1160. The first-order chi connectivity index (χ1) is 19.1. The van der Waals surface area contributed by atoms with Gasteiger partial charge in [-0.05, 0) is 105 Å². The minimum Gasteiger partial charge on any atom is -0.432 e. The molecule has 2 nitrogen and oxygen atoms in total. The molecule has 0 aromatic heterocycles. The topological polar surface area (TPSA) is 18.5 Å². The lowest BCUT2D eigenvalue weighted by Gasteiger charge is -2.32. The lowest BCUT2D eigenvalue weighted by Crippen LogP contribution is -2.37. The van der Waals surface area contributed by atoms with Gasteiger partial charge in [0.05, 0.1) is 5.92 Å². The summed E-state index contributed by atoms with van der Waals surface area (Å²) in [5.74, 6) is -0.423. The van der Waals surface area contributed by atoms with Crippen molar-refractivity contribution in [2.24, 2.45) is 17.8 Å². The number of ether oxygens (including phenoxy) is 2. The lowest BCUT2D eigenvalue weighted by atomic mass is 9.77. The molecule has 0 radical (unpaired) electrons. The Morgan fingerprint density at radius 2 is 1.52 bits per heavy atom. The van der Waals surface area contributed by atoms with Crippen LogP contribution in [0.2, 0.25) is 0 Å². The van der Waals surface area contributed by atoms with Crippen LogP contribution in [0.25, 0.3) is 6.08 Å². The van der Waals surface area contributed by atoms with Gasteiger partial charge in [-0.2, -0.15) is 22.0 Å². The third-order valence-corrected chi connectivity index (χ3v) is 8.27. The van der Waals surface area contributed by atoms with Gasteiger partial charge in [0, 0.05) is 5.56 Å². The predicted molar refractivity (Wildman–Crippen MR) is 143 cm³/mol. The zero-order valence-corrected chi connectivity index (χ0v) is 22.7. The summed E-state index contributed by atoms with van der Waals surface area (Å²) < 4.78 is 90.8. The van der Waals surface area contributed by atoms with E-state index in [1.54, 1.807) is 12.1 Å². The van der Waals surface area contributed by atoms with Crippen LogP contribution >= 0.6 is 0 Å². The summed E-state index contributed by atoms with van der Waals surface area (Å²) in [4.78, 5) is 0. The molecular formula is C32H36F6O2. The molecule has 0 bridgehead atoms. The molecule has 2 aliphatic rings. The zero-order chi connectivity index (χ0) is 28.7. The summed E-state index contributed by atoms with van der Waals surface area (Å²) >= 11 is 0. The largest absolute Gasteiger partial charge is 0.432 e. The van der Waals surface area contributed by atoms with E-state index >= 15 is 0 Å². The molecule has 0 atom stereocenters. The van der Waals surface area contributed by atoms with Crippen molar-refractivity contribution >= 4 is 6.08 Å². The molecular weight excluding hydrogens is 530 g/mol. The Balaban J connectivity index is 1.26. The molecule has 2 aliphatic carbocycles. The molecule has 2 aromatic rings.